The number of hydrogen-bond donors (Lipinski definition) is 2. The average Bonchev–Trinajstić information content (AvgIpc) is 2.91. The van der Waals surface area contributed by atoms with Gasteiger partial charge < -0.3 is 15.2 Å². The zero-order valence-electron chi connectivity index (χ0n) is 11.4. The average molecular weight is 267 g/mol. The molecule has 1 aromatic rings. The number of nitrogens with one attached hydrogen (secondary N) is 1. The van der Waals surface area contributed by atoms with Crippen LogP contribution in [0.15, 0.2) is 18.2 Å². The van der Waals surface area contributed by atoms with E-state index >= 15 is 0 Å². The Morgan fingerprint density at radius 1 is 1.42 bits per heavy atom. The number of aliphatic hydroxyl groups excluding tert-OH is 1. The second kappa shape index (κ2) is 6.87. The Kier molecular flexibility index (Phi) is 5.16. The van der Waals surface area contributed by atoms with Gasteiger partial charge in [-0.25, -0.2) is 4.39 Å². The van der Waals surface area contributed by atoms with E-state index in [1.54, 1.807) is 12.1 Å². The van der Waals surface area contributed by atoms with Gasteiger partial charge in [0.25, 0.3) is 0 Å². The van der Waals surface area contributed by atoms with Crippen molar-refractivity contribution in [1.82, 2.24) is 5.32 Å². The molecular weight excluding hydrogens is 245 g/mol. The summed E-state index contributed by atoms with van der Waals surface area (Å²) in [6, 6.07) is 5.21. The molecule has 19 heavy (non-hydrogen) atoms. The Hall–Kier alpha value is -1.13. The first-order valence-corrected chi connectivity index (χ1v) is 6.95. The summed E-state index contributed by atoms with van der Waals surface area (Å²) in [7, 11) is 1.43. The lowest BCUT2D eigenvalue weighted by Gasteiger charge is -2.15. The van der Waals surface area contributed by atoms with Crippen molar-refractivity contribution >= 4 is 0 Å². The number of benzene rings is 1. The zero-order valence-corrected chi connectivity index (χ0v) is 11.4. The second-order valence-electron chi connectivity index (χ2n) is 5.13. The molecule has 0 bridgehead atoms. The molecule has 0 amide bonds. The van der Waals surface area contributed by atoms with Gasteiger partial charge in [0.2, 0.25) is 0 Å². The van der Waals surface area contributed by atoms with Gasteiger partial charge in [-0.1, -0.05) is 18.9 Å². The van der Waals surface area contributed by atoms with E-state index in [0.717, 1.165) is 6.54 Å². The van der Waals surface area contributed by atoms with Crippen LogP contribution in [0.25, 0.3) is 0 Å². The maximum Gasteiger partial charge on any atom is 0.165 e. The molecule has 1 fully saturated rings. The lowest BCUT2D eigenvalue weighted by atomic mass is 10.1. The molecule has 1 saturated carbocycles. The molecule has 1 atom stereocenters. The Morgan fingerprint density at radius 3 is 2.79 bits per heavy atom. The fraction of sp³-hybridized carbons (Fsp3) is 0.600. The van der Waals surface area contributed by atoms with Gasteiger partial charge in [-0.3, -0.25) is 0 Å². The van der Waals surface area contributed by atoms with Gasteiger partial charge >= 0.3 is 0 Å². The largest absolute Gasteiger partial charge is 0.494 e. The van der Waals surface area contributed by atoms with Crippen LogP contribution in [-0.4, -0.2) is 24.8 Å². The minimum absolute atomic E-state index is 0.208. The molecule has 3 nitrogen and oxygen atoms in total. The minimum Gasteiger partial charge on any atom is -0.494 e. The molecule has 106 valence electrons. The van der Waals surface area contributed by atoms with E-state index in [1.807, 2.05) is 0 Å². The van der Waals surface area contributed by atoms with E-state index in [4.69, 9.17) is 4.74 Å². The molecule has 0 saturated heterocycles. The van der Waals surface area contributed by atoms with Crippen LogP contribution in [0.4, 0.5) is 4.39 Å². The van der Waals surface area contributed by atoms with Crippen molar-refractivity contribution in [2.24, 2.45) is 0 Å². The number of hydrogen-bond acceptors (Lipinski definition) is 3. The minimum atomic E-state index is -0.630. The highest BCUT2D eigenvalue weighted by atomic mass is 19.1. The molecule has 2 N–H and O–H groups in total. The maximum absolute atomic E-state index is 13.5. The standard InChI is InChI=1S/C15H22FNO2/c1-19-15-7-6-11(10-13(15)16)14(18)8-9-17-12-4-2-3-5-12/h6-7,10,12,14,17-18H,2-5,8-9H2,1H3. The molecule has 1 aromatic carbocycles. The fourth-order valence-electron chi connectivity index (χ4n) is 2.61. The molecular formula is C15H22FNO2. The van der Waals surface area contributed by atoms with Gasteiger partial charge in [0.1, 0.15) is 0 Å². The molecule has 0 spiro atoms. The molecule has 4 heteroatoms. The molecule has 1 unspecified atom stereocenters. The summed E-state index contributed by atoms with van der Waals surface area (Å²) in [6.45, 7) is 0.763. The highest BCUT2D eigenvalue weighted by Crippen LogP contribution is 2.23. The van der Waals surface area contributed by atoms with Crippen molar-refractivity contribution in [2.75, 3.05) is 13.7 Å². The predicted octanol–water partition coefficient (Wildman–Crippen LogP) is 2.79. The lowest BCUT2D eigenvalue weighted by molar-refractivity contribution is 0.165. The summed E-state index contributed by atoms with van der Waals surface area (Å²) in [6.07, 6.45) is 5.02. The van der Waals surface area contributed by atoms with Crippen molar-refractivity contribution in [3.05, 3.63) is 29.6 Å². The second-order valence-corrected chi connectivity index (χ2v) is 5.13. The van der Waals surface area contributed by atoms with E-state index in [2.05, 4.69) is 5.32 Å². The normalized spacial score (nSPS) is 17.6. The summed E-state index contributed by atoms with van der Waals surface area (Å²) in [4.78, 5) is 0. The summed E-state index contributed by atoms with van der Waals surface area (Å²) in [5, 5.41) is 13.5. The molecule has 0 heterocycles. The van der Waals surface area contributed by atoms with Crippen LogP contribution in [0, 0.1) is 5.82 Å². The lowest BCUT2D eigenvalue weighted by Crippen LogP contribution is -2.27. The maximum atomic E-state index is 13.5. The monoisotopic (exact) mass is 267 g/mol. The van der Waals surface area contributed by atoms with Crippen LogP contribution in [0.1, 0.15) is 43.8 Å². The van der Waals surface area contributed by atoms with Crippen molar-refractivity contribution in [3.8, 4) is 5.75 Å². The van der Waals surface area contributed by atoms with Gasteiger partial charge in [0, 0.05) is 6.04 Å². The molecule has 1 aliphatic rings. The smallest absolute Gasteiger partial charge is 0.165 e. The first kappa shape index (κ1) is 14.3. The summed E-state index contributed by atoms with van der Waals surface area (Å²) in [5.41, 5.74) is 0.603. The third kappa shape index (κ3) is 3.91. The Morgan fingerprint density at radius 2 is 2.16 bits per heavy atom. The molecule has 1 aliphatic carbocycles. The van der Waals surface area contributed by atoms with Gasteiger partial charge in [-0.05, 0) is 43.5 Å². The topological polar surface area (TPSA) is 41.5 Å². The van der Waals surface area contributed by atoms with E-state index < -0.39 is 11.9 Å². The van der Waals surface area contributed by atoms with Crippen molar-refractivity contribution in [1.29, 1.82) is 0 Å². The Labute approximate surface area is 113 Å². The van der Waals surface area contributed by atoms with Gasteiger partial charge in [-0.15, -0.1) is 0 Å². The summed E-state index contributed by atoms with van der Waals surface area (Å²) >= 11 is 0. The van der Waals surface area contributed by atoms with E-state index in [-0.39, 0.29) is 5.75 Å². The fourth-order valence-corrected chi connectivity index (χ4v) is 2.61. The van der Waals surface area contributed by atoms with Crippen LogP contribution >= 0.6 is 0 Å². The van der Waals surface area contributed by atoms with Crippen molar-refractivity contribution < 1.29 is 14.2 Å². The van der Waals surface area contributed by atoms with E-state index in [9.17, 15) is 9.50 Å². The van der Waals surface area contributed by atoms with Gasteiger partial charge in [0.15, 0.2) is 11.6 Å². The van der Waals surface area contributed by atoms with Crippen molar-refractivity contribution in [3.63, 3.8) is 0 Å². The Balaban J connectivity index is 1.81. The van der Waals surface area contributed by atoms with E-state index in [1.165, 1.54) is 38.9 Å². The highest BCUT2D eigenvalue weighted by Gasteiger charge is 2.15. The van der Waals surface area contributed by atoms with Crippen LogP contribution < -0.4 is 10.1 Å². The quantitative estimate of drug-likeness (QED) is 0.832. The van der Waals surface area contributed by atoms with E-state index in [0.29, 0.717) is 18.0 Å². The zero-order chi connectivity index (χ0) is 13.7. The van der Waals surface area contributed by atoms with Gasteiger partial charge in [0.05, 0.1) is 13.2 Å². The molecule has 0 aromatic heterocycles. The predicted molar refractivity (Wildman–Crippen MR) is 72.8 cm³/mol. The summed E-state index contributed by atoms with van der Waals surface area (Å²) in [5.74, 6) is -0.220. The van der Waals surface area contributed by atoms with Crippen LogP contribution in [0.3, 0.4) is 0 Å². The molecule has 2 rings (SSSR count). The number of rotatable bonds is 6. The van der Waals surface area contributed by atoms with Gasteiger partial charge in [-0.2, -0.15) is 0 Å². The number of aliphatic hydroxyl groups is 1. The van der Waals surface area contributed by atoms with Crippen LogP contribution in [0.2, 0.25) is 0 Å². The summed E-state index contributed by atoms with van der Waals surface area (Å²) < 4.78 is 18.4. The van der Waals surface area contributed by atoms with Crippen molar-refractivity contribution in [2.45, 2.75) is 44.2 Å². The first-order chi connectivity index (χ1) is 9.20. The molecule has 0 radical (unpaired) electrons. The Bertz CT molecular complexity index is 405. The first-order valence-electron chi connectivity index (χ1n) is 6.95. The highest BCUT2D eigenvalue weighted by molar-refractivity contribution is 5.30. The third-order valence-electron chi connectivity index (χ3n) is 3.77. The van der Waals surface area contributed by atoms with Crippen LogP contribution in [-0.2, 0) is 0 Å². The SMILES string of the molecule is COc1ccc(C(O)CCNC2CCCC2)cc1F. The number of methoxy groups -OCH3 is 1. The van der Waals surface area contributed by atoms with Crippen LogP contribution in [0.5, 0.6) is 5.75 Å². The number of halogens is 1. The number of ether oxygens (including phenoxy) is 1. The molecule has 0 aliphatic heterocycles. The third-order valence-corrected chi connectivity index (χ3v) is 3.77.